The van der Waals surface area contributed by atoms with Crippen LogP contribution in [0.5, 0.6) is 0 Å². The van der Waals surface area contributed by atoms with Crippen LogP contribution < -0.4 is 5.32 Å². The SMILES string of the molecule is CC(CO)CCCNC(C)c1ccc2c(c1)CCCC2. The van der Waals surface area contributed by atoms with E-state index >= 15 is 0 Å². The average Bonchev–Trinajstić information content (AvgIpc) is 2.50. The summed E-state index contributed by atoms with van der Waals surface area (Å²) in [6.45, 7) is 5.69. The lowest BCUT2D eigenvalue weighted by Gasteiger charge is -2.20. The smallest absolute Gasteiger partial charge is 0.0456 e. The summed E-state index contributed by atoms with van der Waals surface area (Å²) in [6.07, 6.45) is 7.44. The van der Waals surface area contributed by atoms with Crippen molar-refractivity contribution in [2.45, 2.75) is 58.4 Å². The molecule has 20 heavy (non-hydrogen) atoms. The zero-order valence-electron chi connectivity index (χ0n) is 13.0. The molecule has 0 saturated carbocycles. The molecule has 1 aliphatic rings. The highest BCUT2D eigenvalue weighted by Crippen LogP contribution is 2.24. The van der Waals surface area contributed by atoms with E-state index in [1.807, 2.05) is 0 Å². The summed E-state index contributed by atoms with van der Waals surface area (Å²) < 4.78 is 0. The van der Waals surface area contributed by atoms with Crippen LogP contribution in [0.15, 0.2) is 18.2 Å². The highest BCUT2D eigenvalue weighted by atomic mass is 16.3. The summed E-state index contributed by atoms with van der Waals surface area (Å²) in [6, 6.07) is 7.45. The average molecular weight is 275 g/mol. The minimum Gasteiger partial charge on any atom is -0.396 e. The third-order valence-electron chi connectivity index (χ3n) is 4.51. The maximum atomic E-state index is 9.01. The number of rotatable bonds is 7. The van der Waals surface area contributed by atoms with Crippen LogP contribution in [0.25, 0.3) is 0 Å². The fraction of sp³-hybridized carbons (Fsp3) is 0.667. The molecule has 1 aromatic rings. The van der Waals surface area contributed by atoms with Crippen LogP contribution in [0.4, 0.5) is 0 Å². The predicted octanol–water partition coefficient (Wildman–Crippen LogP) is 3.62. The van der Waals surface area contributed by atoms with Crippen molar-refractivity contribution in [1.29, 1.82) is 0 Å². The van der Waals surface area contributed by atoms with Gasteiger partial charge in [-0.3, -0.25) is 0 Å². The maximum Gasteiger partial charge on any atom is 0.0456 e. The van der Waals surface area contributed by atoms with Gasteiger partial charge in [0.05, 0.1) is 0 Å². The van der Waals surface area contributed by atoms with Crippen LogP contribution in [0, 0.1) is 5.92 Å². The second kappa shape index (κ2) is 7.80. The van der Waals surface area contributed by atoms with Gasteiger partial charge < -0.3 is 10.4 Å². The number of nitrogens with one attached hydrogen (secondary N) is 1. The summed E-state index contributed by atoms with van der Waals surface area (Å²) in [5.41, 5.74) is 4.54. The van der Waals surface area contributed by atoms with Gasteiger partial charge in [0.15, 0.2) is 0 Å². The van der Waals surface area contributed by atoms with Crippen molar-refractivity contribution < 1.29 is 5.11 Å². The van der Waals surface area contributed by atoms with Crippen LogP contribution in [-0.4, -0.2) is 18.3 Å². The normalized spacial score (nSPS) is 17.6. The highest BCUT2D eigenvalue weighted by Gasteiger charge is 2.12. The van der Waals surface area contributed by atoms with Gasteiger partial charge in [0.25, 0.3) is 0 Å². The third-order valence-corrected chi connectivity index (χ3v) is 4.51. The van der Waals surface area contributed by atoms with E-state index in [4.69, 9.17) is 5.11 Å². The molecule has 2 rings (SSSR count). The lowest BCUT2D eigenvalue weighted by Crippen LogP contribution is -2.21. The van der Waals surface area contributed by atoms with Gasteiger partial charge >= 0.3 is 0 Å². The number of benzene rings is 1. The molecule has 2 nitrogen and oxygen atoms in total. The van der Waals surface area contributed by atoms with E-state index < -0.39 is 0 Å². The van der Waals surface area contributed by atoms with E-state index in [1.165, 1.54) is 31.2 Å². The van der Waals surface area contributed by atoms with E-state index in [1.54, 1.807) is 11.1 Å². The molecule has 0 bridgehead atoms. The van der Waals surface area contributed by atoms with E-state index in [9.17, 15) is 0 Å². The summed E-state index contributed by atoms with van der Waals surface area (Å²) in [5.74, 6) is 0.427. The van der Waals surface area contributed by atoms with Crippen LogP contribution >= 0.6 is 0 Å². The summed E-state index contributed by atoms with van der Waals surface area (Å²) in [5, 5.41) is 12.6. The van der Waals surface area contributed by atoms with Crippen LogP contribution in [-0.2, 0) is 12.8 Å². The molecule has 0 spiro atoms. The first-order chi connectivity index (χ1) is 9.70. The minimum absolute atomic E-state index is 0.306. The Morgan fingerprint density at radius 3 is 2.65 bits per heavy atom. The van der Waals surface area contributed by atoms with Crippen molar-refractivity contribution in [3.63, 3.8) is 0 Å². The number of hydrogen-bond donors (Lipinski definition) is 2. The van der Waals surface area contributed by atoms with Gasteiger partial charge in [0.1, 0.15) is 0 Å². The van der Waals surface area contributed by atoms with Gasteiger partial charge in [0, 0.05) is 12.6 Å². The Hall–Kier alpha value is -0.860. The van der Waals surface area contributed by atoms with Crippen LogP contribution in [0.2, 0.25) is 0 Å². The Balaban J connectivity index is 1.81. The Kier molecular flexibility index (Phi) is 6.06. The van der Waals surface area contributed by atoms with Gasteiger partial charge in [-0.1, -0.05) is 25.1 Å². The quantitative estimate of drug-likeness (QED) is 0.745. The molecule has 2 unspecified atom stereocenters. The summed E-state index contributed by atoms with van der Waals surface area (Å²) in [4.78, 5) is 0. The number of hydrogen-bond acceptors (Lipinski definition) is 2. The number of aliphatic hydroxyl groups excluding tert-OH is 1. The zero-order chi connectivity index (χ0) is 14.4. The van der Waals surface area contributed by atoms with Crippen molar-refractivity contribution in [3.8, 4) is 0 Å². The fourth-order valence-corrected chi connectivity index (χ4v) is 3.00. The molecule has 0 fully saturated rings. The number of aliphatic hydroxyl groups is 1. The van der Waals surface area contributed by atoms with Crippen molar-refractivity contribution in [2.24, 2.45) is 5.92 Å². The van der Waals surface area contributed by atoms with Crippen molar-refractivity contribution in [2.75, 3.05) is 13.2 Å². The molecule has 0 heterocycles. The Bertz CT molecular complexity index is 416. The number of fused-ring (bicyclic) bond motifs is 1. The molecule has 1 aliphatic carbocycles. The van der Waals surface area contributed by atoms with E-state index in [0.717, 1.165) is 19.4 Å². The summed E-state index contributed by atoms with van der Waals surface area (Å²) in [7, 11) is 0. The molecule has 112 valence electrons. The van der Waals surface area contributed by atoms with Crippen molar-refractivity contribution in [1.82, 2.24) is 5.32 Å². The summed E-state index contributed by atoms with van der Waals surface area (Å²) >= 11 is 0. The second-order valence-corrected chi connectivity index (χ2v) is 6.34. The largest absolute Gasteiger partial charge is 0.396 e. The first-order valence-electron chi connectivity index (χ1n) is 8.16. The van der Waals surface area contributed by atoms with Gasteiger partial charge in [-0.2, -0.15) is 0 Å². The topological polar surface area (TPSA) is 32.3 Å². The van der Waals surface area contributed by atoms with Crippen LogP contribution in [0.3, 0.4) is 0 Å². The van der Waals surface area contributed by atoms with Gasteiger partial charge in [0.2, 0.25) is 0 Å². The number of aryl methyl sites for hydroxylation is 2. The maximum absolute atomic E-state index is 9.01. The van der Waals surface area contributed by atoms with Crippen molar-refractivity contribution >= 4 is 0 Å². The molecular weight excluding hydrogens is 246 g/mol. The first kappa shape index (κ1) is 15.5. The molecule has 0 saturated heterocycles. The molecule has 1 aromatic carbocycles. The minimum atomic E-state index is 0.306. The highest BCUT2D eigenvalue weighted by molar-refractivity contribution is 5.35. The monoisotopic (exact) mass is 275 g/mol. The molecule has 0 amide bonds. The second-order valence-electron chi connectivity index (χ2n) is 6.34. The zero-order valence-corrected chi connectivity index (χ0v) is 13.0. The Morgan fingerprint density at radius 1 is 1.15 bits per heavy atom. The Labute approximate surface area is 123 Å². The molecule has 0 aromatic heterocycles. The van der Waals surface area contributed by atoms with Crippen molar-refractivity contribution in [3.05, 3.63) is 34.9 Å². The Morgan fingerprint density at radius 2 is 1.90 bits per heavy atom. The third kappa shape index (κ3) is 4.32. The van der Waals surface area contributed by atoms with Gasteiger partial charge in [-0.25, -0.2) is 0 Å². The van der Waals surface area contributed by atoms with E-state index in [-0.39, 0.29) is 0 Å². The molecular formula is C18H29NO. The molecule has 2 N–H and O–H groups in total. The van der Waals surface area contributed by atoms with Crippen LogP contribution in [0.1, 0.15) is 62.3 Å². The standard InChI is InChI=1S/C18H29NO/c1-14(13-20)6-5-11-19-15(2)17-10-9-16-7-3-4-8-18(16)12-17/h9-10,12,14-15,19-20H,3-8,11,13H2,1-2H3. The lowest BCUT2D eigenvalue weighted by atomic mass is 9.89. The van der Waals surface area contributed by atoms with Gasteiger partial charge in [-0.15, -0.1) is 0 Å². The van der Waals surface area contributed by atoms with E-state index in [2.05, 4.69) is 37.4 Å². The van der Waals surface area contributed by atoms with E-state index in [0.29, 0.717) is 18.6 Å². The first-order valence-corrected chi connectivity index (χ1v) is 8.16. The predicted molar refractivity (Wildman–Crippen MR) is 85.0 cm³/mol. The molecule has 0 radical (unpaired) electrons. The molecule has 0 aliphatic heterocycles. The van der Waals surface area contributed by atoms with Gasteiger partial charge in [-0.05, 0) is 74.6 Å². The fourth-order valence-electron chi connectivity index (χ4n) is 3.00. The molecule has 2 atom stereocenters. The molecule has 2 heteroatoms. The lowest BCUT2D eigenvalue weighted by molar-refractivity contribution is 0.227.